The number of unbranched alkanes of at least 4 members (excludes halogenated alkanes) is 2. The third-order valence-corrected chi connectivity index (χ3v) is 4.62. The van der Waals surface area contributed by atoms with Crippen molar-refractivity contribution in [3.05, 3.63) is 42.1 Å². The van der Waals surface area contributed by atoms with E-state index in [1.807, 2.05) is 24.3 Å². The quantitative estimate of drug-likeness (QED) is 0.545. The van der Waals surface area contributed by atoms with Gasteiger partial charge in [-0.25, -0.2) is 19.6 Å². The fraction of sp³-hybridized carbons (Fsp3) is 0.455. The van der Waals surface area contributed by atoms with E-state index in [0.717, 1.165) is 30.4 Å². The van der Waals surface area contributed by atoms with Crippen LogP contribution in [0.5, 0.6) is 0 Å². The number of hydrogen-bond acceptors (Lipinski definition) is 5. The molecule has 162 valence electrons. The predicted octanol–water partition coefficient (Wildman–Crippen LogP) is 3.51. The van der Waals surface area contributed by atoms with Crippen LogP contribution in [0, 0.1) is 0 Å². The van der Waals surface area contributed by atoms with Crippen molar-refractivity contribution < 1.29 is 19.4 Å². The molecule has 0 bridgehead atoms. The van der Waals surface area contributed by atoms with Crippen LogP contribution in [0.4, 0.5) is 10.7 Å². The first-order valence-corrected chi connectivity index (χ1v) is 10.2. The fourth-order valence-corrected chi connectivity index (χ4v) is 2.89. The number of rotatable bonds is 11. The molecule has 0 saturated heterocycles. The van der Waals surface area contributed by atoms with Crippen molar-refractivity contribution in [3.63, 3.8) is 0 Å². The van der Waals surface area contributed by atoms with Gasteiger partial charge in [0.05, 0.1) is 5.69 Å². The van der Waals surface area contributed by atoms with Gasteiger partial charge >= 0.3 is 12.0 Å². The number of nitrogens with zero attached hydrogens (tertiary/aromatic N) is 3. The number of hydrogen-bond donors (Lipinski definition) is 2. The average molecular weight is 415 g/mol. The number of ether oxygens (including phenoxy) is 1. The Morgan fingerprint density at radius 1 is 1.17 bits per heavy atom. The molecule has 0 unspecified atom stereocenters. The van der Waals surface area contributed by atoms with Crippen molar-refractivity contribution >= 4 is 17.9 Å². The molecule has 2 amide bonds. The minimum absolute atomic E-state index is 0.241. The number of anilines is 1. The van der Waals surface area contributed by atoms with Crippen molar-refractivity contribution in [2.24, 2.45) is 0 Å². The SMILES string of the molecule is CCCCCNC(=O)N(C)c1nccc(-c2ccc(C[C@H](OCC)C(=O)O)cc2)n1. The van der Waals surface area contributed by atoms with Crippen LogP contribution in [-0.2, 0) is 16.0 Å². The Morgan fingerprint density at radius 3 is 2.53 bits per heavy atom. The second-order valence-electron chi connectivity index (χ2n) is 6.92. The normalized spacial score (nSPS) is 11.7. The van der Waals surface area contributed by atoms with Crippen molar-refractivity contribution in [2.45, 2.75) is 45.6 Å². The zero-order chi connectivity index (χ0) is 21.9. The second-order valence-corrected chi connectivity index (χ2v) is 6.92. The second kappa shape index (κ2) is 11.9. The summed E-state index contributed by atoms with van der Waals surface area (Å²) in [5, 5.41) is 12.1. The molecule has 2 aromatic rings. The summed E-state index contributed by atoms with van der Waals surface area (Å²) in [4.78, 5) is 33.6. The van der Waals surface area contributed by atoms with Gasteiger partial charge in [-0.15, -0.1) is 0 Å². The van der Waals surface area contributed by atoms with Gasteiger partial charge in [0, 0.05) is 38.4 Å². The fourth-order valence-electron chi connectivity index (χ4n) is 2.89. The smallest absolute Gasteiger partial charge is 0.333 e. The summed E-state index contributed by atoms with van der Waals surface area (Å²) < 4.78 is 5.26. The Morgan fingerprint density at radius 2 is 1.90 bits per heavy atom. The van der Waals surface area contributed by atoms with Crippen molar-refractivity contribution in [2.75, 3.05) is 25.1 Å². The summed E-state index contributed by atoms with van der Waals surface area (Å²) in [6.07, 6.45) is 4.15. The molecule has 2 rings (SSSR count). The van der Waals surface area contributed by atoms with Gasteiger partial charge in [0.1, 0.15) is 0 Å². The molecule has 0 aliphatic carbocycles. The number of benzene rings is 1. The summed E-state index contributed by atoms with van der Waals surface area (Å²) >= 11 is 0. The van der Waals surface area contributed by atoms with E-state index in [1.54, 1.807) is 26.2 Å². The molecule has 0 aliphatic heterocycles. The Labute approximate surface area is 177 Å². The first kappa shape index (κ1) is 23.3. The molecule has 2 N–H and O–H groups in total. The molecular formula is C22H30N4O4. The van der Waals surface area contributed by atoms with Crippen LogP contribution in [0.2, 0.25) is 0 Å². The van der Waals surface area contributed by atoms with Crippen LogP contribution in [0.25, 0.3) is 11.3 Å². The van der Waals surface area contributed by atoms with Gasteiger partial charge < -0.3 is 15.2 Å². The number of carboxylic acid groups (broad SMARTS) is 1. The van der Waals surface area contributed by atoms with Crippen LogP contribution in [-0.4, -0.2) is 53.4 Å². The number of carboxylic acids is 1. The molecule has 8 heteroatoms. The van der Waals surface area contributed by atoms with E-state index in [-0.39, 0.29) is 6.03 Å². The van der Waals surface area contributed by atoms with Crippen molar-refractivity contribution in [1.82, 2.24) is 15.3 Å². The highest BCUT2D eigenvalue weighted by atomic mass is 16.5. The molecule has 1 atom stereocenters. The molecule has 0 aliphatic rings. The van der Waals surface area contributed by atoms with Crippen LogP contribution in [0.1, 0.15) is 38.7 Å². The monoisotopic (exact) mass is 414 g/mol. The Hall–Kier alpha value is -3.00. The first-order chi connectivity index (χ1) is 14.5. The van der Waals surface area contributed by atoms with Crippen molar-refractivity contribution in [1.29, 1.82) is 0 Å². The van der Waals surface area contributed by atoms with Gasteiger partial charge in [0.2, 0.25) is 5.95 Å². The van der Waals surface area contributed by atoms with Gasteiger partial charge in [-0.2, -0.15) is 0 Å². The molecule has 8 nitrogen and oxygen atoms in total. The number of aromatic nitrogens is 2. The third-order valence-electron chi connectivity index (χ3n) is 4.62. The van der Waals surface area contributed by atoms with Crippen LogP contribution >= 0.6 is 0 Å². The molecule has 1 aromatic heterocycles. The zero-order valence-corrected chi connectivity index (χ0v) is 17.8. The lowest BCUT2D eigenvalue weighted by molar-refractivity contribution is -0.149. The lowest BCUT2D eigenvalue weighted by Crippen LogP contribution is -2.38. The number of carbonyl (C=O) groups excluding carboxylic acids is 1. The molecule has 30 heavy (non-hydrogen) atoms. The highest BCUT2D eigenvalue weighted by molar-refractivity contribution is 5.89. The molecule has 0 saturated carbocycles. The van der Waals surface area contributed by atoms with Gasteiger partial charge in [0.25, 0.3) is 0 Å². The third kappa shape index (κ3) is 6.81. The Kier molecular flexibility index (Phi) is 9.21. The summed E-state index contributed by atoms with van der Waals surface area (Å²) in [6, 6.07) is 8.99. The van der Waals surface area contributed by atoms with Gasteiger partial charge in [0.15, 0.2) is 6.10 Å². The van der Waals surface area contributed by atoms with Crippen LogP contribution < -0.4 is 10.2 Å². The molecule has 0 spiro atoms. The maximum atomic E-state index is 12.3. The summed E-state index contributed by atoms with van der Waals surface area (Å²) in [5.74, 6) is -0.663. The van der Waals surface area contributed by atoms with Crippen LogP contribution in [0.15, 0.2) is 36.5 Å². The summed E-state index contributed by atoms with van der Waals surface area (Å²) in [6.45, 7) is 4.85. The number of amides is 2. The number of nitrogens with one attached hydrogen (secondary N) is 1. The van der Waals surface area contributed by atoms with E-state index in [1.165, 1.54) is 4.90 Å². The van der Waals surface area contributed by atoms with E-state index in [2.05, 4.69) is 22.2 Å². The maximum absolute atomic E-state index is 12.3. The number of urea groups is 1. The Balaban J connectivity index is 2.06. The van der Waals surface area contributed by atoms with Gasteiger partial charge in [-0.05, 0) is 25.0 Å². The number of aliphatic carboxylic acids is 1. The van der Waals surface area contributed by atoms with E-state index in [4.69, 9.17) is 4.74 Å². The minimum atomic E-state index is -0.975. The first-order valence-electron chi connectivity index (χ1n) is 10.2. The summed E-state index contributed by atoms with van der Waals surface area (Å²) in [7, 11) is 1.64. The van der Waals surface area contributed by atoms with Crippen molar-refractivity contribution in [3.8, 4) is 11.3 Å². The zero-order valence-electron chi connectivity index (χ0n) is 17.8. The van der Waals surface area contributed by atoms with E-state index >= 15 is 0 Å². The van der Waals surface area contributed by atoms with Gasteiger partial charge in [-0.3, -0.25) is 4.90 Å². The predicted molar refractivity (Wildman–Crippen MR) is 116 cm³/mol. The molecule has 1 heterocycles. The minimum Gasteiger partial charge on any atom is -0.479 e. The lowest BCUT2D eigenvalue weighted by atomic mass is 10.0. The lowest BCUT2D eigenvalue weighted by Gasteiger charge is -2.16. The molecular weight excluding hydrogens is 384 g/mol. The highest BCUT2D eigenvalue weighted by Crippen LogP contribution is 2.20. The standard InChI is InChI=1S/C22H30N4O4/c1-4-6-7-13-24-22(29)26(3)21-23-14-12-18(25-21)17-10-8-16(9-11-17)15-19(20(27)28)30-5-2/h8-12,14,19H,4-7,13,15H2,1-3H3,(H,24,29)(H,27,28)/t19-/m0/s1. The van der Waals surface area contributed by atoms with Crippen LogP contribution in [0.3, 0.4) is 0 Å². The highest BCUT2D eigenvalue weighted by Gasteiger charge is 2.18. The van der Waals surface area contributed by atoms with E-state index in [9.17, 15) is 14.7 Å². The molecule has 1 aromatic carbocycles. The van der Waals surface area contributed by atoms with E-state index in [0.29, 0.717) is 31.2 Å². The number of carbonyl (C=O) groups is 2. The maximum Gasteiger partial charge on any atom is 0.333 e. The van der Waals surface area contributed by atoms with E-state index < -0.39 is 12.1 Å². The Bertz CT molecular complexity index is 826. The van der Waals surface area contributed by atoms with Gasteiger partial charge in [-0.1, -0.05) is 44.0 Å². The molecule has 0 radical (unpaired) electrons. The topological polar surface area (TPSA) is 105 Å². The molecule has 0 fully saturated rings. The largest absolute Gasteiger partial charge is 0.479 e. The summed E-state index contributed by atoms with van der Waals surface area (Å²) in [5.41, 5.74) is 2.39. The average Bonchev–Trinajstić information content (AvgIpc) is 2.76.